The molecule has 0 aliphatic carbocycles. The fraction of sp³-hybridized carbons (Fsp3) is 0.462. The number of ketones is 1. The van der Waals surface area contributed by atoms with Gasteiger partial charge in [-0.15, -0.1) is 0 Å². The molecule has 0 fully saturated rings. The molecule has 4 heteroatoms. The number of halogens is 2. The van der Waals surface area contributed by atoms with Crippen molar-refractivity contribution in [1.29, 1.82) is 0 Å². The van der Waals surface area contributed by atoms with Gasteiger partial charge in [-0.2, -0.15) is 0 Å². The lowest BCUT2D eigenvalue weighted by atomic mass is 10.1. The van der Waals surface area contributed by atoms with Crippen LogP contribution in [0.15, 0.2) is 30.3 Å². The number of carbonyl (C=O) groups excluding carboxylic acids is 1. The molecule has 1 rings (SSSR count). The molecule has 0 aliphatic heterocycles. The standard InChI is InChI=1S/C13H18Br2NO/c1-16(2,9-12(15)8-14)10-13(17)11-6-4-3-5-7-11/h3-7,12H,8-10H2,1-2H3/q+1/t12-/m0/s1. The molecule has 17 heavy (non-hydrogen) atoms. The molecule has 0 unspecified atom stereocenters. The van der Waals surface area contributed by atoms with E-state index in [4.69, 9.17) is 0 Å². The van der Waals surface area contributed by atoms with Crippen LogP contribution in [0.5, 0.6) is 0 Å². The van der Waals surface area contributed by atoms with Gasteiger partial charge in [0.15, 0.2) is 0 Å². The van der Waals surface area contributed by atoms with E-state index in [9.17, 15) is 4.79 Å². The molecular weight excluding hydrogens is 346 g/mol. The number of quaternary nitrogens is 1. The number of rotatable bonds is 6. The van der Waals surface area contributed by atoms with Gasteiger partial charge in [-0.1, -0.05) is 62.2 Å². The summed E-state index contributed by atoms with van der Waals surface area (Å²) in [6.07, 6.45) is 0. The first-order valence-corrected chi connectivity index (χ1v) is 7.58. The van der Waals surface area contributed by atoms with E-state index in [1.165, 1.54) is 0 Å². The SMILES string of the molecule is C[N+](C)(CC(=O)c1ccccc1)C[C@@H](Br)CBr. The smallest absolute Gasteiger partial charge is 0.216 e. The number of Topliss-reactive ketones (excluding diaryl/α,β-unsaturated/α-hetero) is 1. The molecule has 0 N–H and O–H groups in total. The average Bonchev–Trinajstić information content (AvgIpc) is 2.28. The highest BCUT2D eigenvalue weighted by Gasteiger charge is 2.23. The van der Waals surface area contributed by atoms with Crippen molar-refractivity contribution in [3.63, 3.8) is 0 Å². The number of alkyl halides is 2. The number of benzene rings is 1. The summed E-state index contributed by atoms with van der Waals surface area (Å²) in [6, 6.07) is 9.48. The molecule has 0 radical (unpaired) electrons. The van der Waals surface area contributed by atoms with Crippen LogP contribution in [0.4, 0.5) is 0 Å². The summed E-state index contributed by atoms with van der Waals surface area (Å²) in [5.41, 5.74) is 0.795. The molecule has 0 heterocycles. The van der Waals surface area contributed by atoms with Crippen LogP contribution in [0.3, 0.4) is 0 Å². The van der Waals surface area contributed by atoms with Crippen LogP contribution in [-0.2, 0) is 0 Å². The molecular formula is C13H18Br2NO+. The Morgan fingerprint density at radius 3 is 2.41 bits per heavy atom. The molecule has 0 saturated carbocycles. The van der Waals surface area contributed by atoms with Gasteiger partial charge in [-0.25, -0.2) is 0 Å². The highest BCUT2D eigenvalue weighted by atomic mass is 79.9. The van der Waals surface area contributed by atoms with Gasteiger partial charge in [0, 0.05) is 10.9 Å². The summed E-state index contributed by atoms with van der Waals surface area (Å²) in [6.45, 7) is 1.45. The number of hydrogen-bond acceptors (Lipinski definition) is 1. The molecule has 1 aromatic carbocycles. The largest absolute Gasteiger partial charge is 0.321 e. The van der Waals surface area contributed by atoms with Gasteiger partial charge in [0.2, 0.25) is 5.78 Å². The van der Waals surface area contributed by atoms with Crippen molar-refractivity contribution < 1.29 is 9.28 Å². The first kappa shape index (κ1) is 14.9. The third kappa shape index (κ3) is 5.32. The lowest BCUT2D eigenvalue weighted by Crippen LogP contribution is -2.47. The van der Waals surface area contributed by atoms with Gasteiger partial charge in [0.25, 0.3) is 0 Å². The fourth-order valence-corrected chi connectivity index (χ4v) is 2.74. The highest BCUT2D eigenvalue weighted by molar-refractivity contribution is 9.12. The Hall–Kier alpha value is -0.190. The summed E-state index contributed by atoms with van der Waals surface area (Å²) in [5.74, 6) is 0.199. The van der Waals surface area contributed by atoms with Gasteiger partial charge in [0.1, 0.15) is 6.54 Å². The topological polar surface area (TPSA) is 17.1 Å². The third-order valence-electron chi connectivity index (χ3n) is 2.53. The Morgan fingerprint density at radius 1 is 1.29 bits per heavy atom. The molecule has 0 amide bonds. The fourth-order valence-electron chi connectivity index (χ4n) is 1.75. The highest BCUT2D eigenvalue weighted by Crippen LogP contribution is 2.11. The second kappa shape index (κ2) is 6.66. The maximum atomic E-state index is 12.1. The minimum absolute atomic E-state index is 0.199. The van der Waals surface area contributed by atoms with E-state index in [1.54, 1.807) is 0 Å². The van der Waals surface area contributed by atoms with Crippen LogP contribution in [0, 0.1) is 0 Å². The lowest BCUT2D eigenvalue weighted by molar-refractivity contribution is -0.881. The van der Waals surface area contributed by atoms with Crippen molar-refractivity contribution in [2.24, 2.45) is 0 Å². The van der Waals surface area contributed by atoms with Crippen molar-refractivity contribution in [3.8, 4) is 0 Å². The predicted octanol–water partition coefficient (Wildman–Crippen LogP) is 3.10. The number of nitrogens with zero attached hydrogens (tertiary/aromatic N) is 1. The van der Waals surface area contributed by atoms with Crippen LogP contribution in [0.2, 0.25) is 0 Å². The minimum Gasteiger partial charge on any atom is -0.321 e. The first-order valence-electron chi connectivity index (χ1n) is 5.55. The Kier molecular flexibility index (Phi) is 5.83. The lowest BCUT2D eigenvalue weighted by Gasteiger charge is -2.30. The van der Waals surface area contributed by atoms with E-state index in [0.717, 1.165) is 17.4 Å². The van der Waals surface area contributed by atoms with Crippen molar-refractivity contribution in [2.45, 2.75) is 4.83 Å². The van der Waals surface area contributed by atoms with E-state index >= 15 is 0 Å². The normalized spacial score (nSPS) is 13.4. The summed E-state index contributed by atoms with van der Waals surface area (Å²) >= 11 is 7.02. The van der Waals surface area contributed by atoms with Crippen LogP contribution < -0.4 is 0 Å². The van der Waals surface area contributed by atoms with Crippen LogP contribution in [0.1, 0.15) is 10.4 Å². The average molecular weight is 364 g/mol. The minimum atomic E-state index is 0.199. The maximum Gasteiger partial charge on any atom is 0.216 e. The predicted molar refractivity (Wildman–Crippen MR) is 79.1 cm³/mol. The molecule has 0 saturated heterocycles. The van der Waals surface area contributed by atoms with E-state index < -0.39 is 0 Å². The summed E-state index contributed by atoms with van der Waals surface area (Å²) in [4.78, 5) is 12.5. The Morgan fingerprint density at radius 2 is 1.88 bits per heavy atom. The monoisotopic (exact) mass is 362 g/mol. The Labute approximate surface area is 120 Å². The summed E-state index contributed by atoms with van der Waals surface area (Å²) < 4.78 is 0.690. The van der Waals surface area contributed by atoms with Gasteiger partial charge in [-0.05, 0) is 0 Å². The molecule has 0 spiro atoms. The molecule has 1 atom stereocenters. The molecule has 0 aromatic heterocycles. The number of carbonyl (C=O) groups is 1. The van der Waals surface area contributed by atoms with Crippen LogP contribution in [0.25, 0.3) is 0 Å². The van der Waals surface area contributed by atoms with E-state index in [-0.39, 0.29) is 5.78 Å². The zero-order valence-electron chi connectivity index (χ0n) is 10.2. The molecule has 0 bridgehead atoms. The van der Waals surface area contributed by atoms with E-state index in [1.807, 2.05) is 30.3 Å². The van der Waals surface area contributed by atoms with Gasteiger partial charge in [0.05, 0.1) is 25.5 Å². The van der Waals surface area contributed by atoms with Gasteiger partial charge < -0.3 is 4.48 Å². The van der Waals surface area contributed by atoms with Crippen LogP contribution >= 0.6 is 31.9 Å². The first-order chi connectivity index (χ1) is 7.94. The zero-order chi connectivity index (χ0) is 12.9. The van der Waals surface area contributed by atoms with Gasteiger partial charge >= 0.3 is 0 Å². The summed E-state index contributed by atoms with van der Waals surface area (Å²) in [5, 5.41) is 0.897. The van der Waals surface area contributed by atoms with Gasteiger partial charge in [-0.3, -0.25) is 4.79 Å². The second-order valence-electron chi connectivity index (χ2n) is 4.82. The van der Waals surface area contributed by atoms with Crippen molar-refractivity contribution in [1.82, 2.24) is 0 Å². The van der Waals surface area contributed by atoms with Crippen molar-refractivity contribution in [2.75, 3.05) is 32.5 Å². The quantitative estimate of drug-likeness (QED) is 0.431. The van der Waals surface area contributed by atoms with Crippen LogP contribution in [-0.4, -0.2) is 47.6 Å². The second-order valence-corrected chi connectivity index (χ2v) is 6.76. The Bertz CT molecular complexity index is 365. The number of likely N-dealkylation sites (N-methyl/N-ethyl adjacent to an activating group) is 1. The van der Waals surface area contributed by atoms with Crippen molar-refractivity contribution in [3.05, 3.63) is 35.9 Å². The van der Waals surface area contributed by atoms with Crippen molar-refractivity contribution >= 4 is 37.6 Å². The third-order valence-corrected chi connectivity index (χ3v) is 4.79. The molecule has 0 aliphatic rings. The number of hydrogen-bond donors (Lipinski definition) is 0. The molecule has 1 aromatic rings. The molecule has 94 valence electrons. The van der Waals surface area contributed by atoms with E-state index in [2.05, 4.69) is 46.0 Å². The Balaban J connectivity index is 2.62. The molecule has 2 nitrogen and oxygen atoms in total. The zero-order valence-corrected chi connectivity index (χ0v) is 13.4. The van der Waals surface area contributed by atoms with E-state index in [0.29, 0.717) is 15.9 Å². The maximum absolute atomic E-state index is 12.1. The summed E-state index contributed by atoms with van der Waals surface area (Å²) in [7, 11) is 4.16.